The lowest BCUT2D eigenvalue weighted by Gasteiger charge is -1.85. The van der Waals surface area contributed by atoms with Crippen LogP contribution in [0.15, 0.2) is 20.4 Å². The summed E-state index contributed by atoms with van der Waals surface area (Å²) in [5.41, 5.74) is 7.86. The molecule has 0 fully saturated rings. The molecule has 0 radical (unpaired) electrons. The van der Waals surface area contributed by atoms with E-state index >= 15 is 0 Å². The highest BCUT2D eigenvalue weighted by Gasteiger charge is 2.13. The van der Waals surface area contributed by atoms with Gasteiger partial charge in [-0.25, -0.2) is 13.4 Å². The molecule has 1 aromatic heterocycles. The molecule has 1 aromatic rings. The van der Waals surface area contributed by atoms with Crippen LogP contribution in [0.3, 0.4) is 0 Å². The lowest BCUT2D eigenvalue weighted by atomic mass is 11.0. The van der Waals surface area contributed by atoms with Crippen LogP contribution in [0.2, 0.25) is 0 Å². The van der Waals surface area contributed by atoms with E-state index < -0.39 is 10.0 Å². The largest absolute Gasteiger partial charge is 0.291 e. The molecule has 1 rings (SSSR count). The van der Waals surface area contributed by atoms with Crippen LogP contribution >= 0.6 is 11.3 Å². The molecule has 0 atom stereocenters. The van der Waals surface area contributed by atoms with Crippen LogP contribution in [0.1, 0.15) is 0 Å². The van der Waals surface area contributed by atoms with Gasteiger partial charge < -0.3 is 0 Å². The van der Waals surface area contributed by atoms with Crippen molar-refractivity contribution in [1.82, 2.24) is 4.98 Å². The summed E-state index contributed by atoms with van der Waals surface area (Å²) in [7, 11) is -3.85. The summed E-state index contributed by atoms with van der Waals surface area (Å²) in [5, 5.41) is 1.49. The van der Waals surface area contributed by atoms with Crippen LogP contribution in [0.4, 0.5) is 0 Å². The second-order valence-electron chi connectivity index (χ2n) is 1.44. The molecular formula is C3H2N4O2S2. The van der Waals surface area contributed by atoms with Gasteiger partial charge in [0.1, 0.15) is 0 Å². The van der Waals surface area contributed by atoms with Gasteiger partial charge in [0.15, 0.2) is 0 Å². The van der Waals surface area contributed by atoms with Crippen molar-refractivity contribution in [2.24, 2.45) is 4.52 Å². The lowest BCUT2D eigenvalue weighted by molar-refractivity contribution is 0.596. The zero-order chi connectivity index (χ0) is 8.32. The third-order valence-corrected chi connectivity index (χ3v) is 3.09. The number of azide groups is 1. The van der Waals surface area contributed by atoms with Gasteiger partial charge in [0.25, 0.3) is 10.0 Å². The molecule has 0 amide bonds. The Morgan fingerprint density at radius 2 is 2.45 bits per heavy atom. The Morgan fingerprint density at radius 1 is 1.73 bits per heavy atom. The highest BCUT2D eigenvalue weighted by atomic mass is 32.2. The molecule has 0 aliphatic heterocycles. The molecule has 11 heavy (non-hydrogen) atoms. The maximum absolute atomic E-state index is 10.8. The summed E-state index contributed by atoms with van der Waals surface area (Å²) >= 11 is 0.906. The summed E-state index contributed by atoms with van der Waals surface area (Å²) in [6.07, 6.45) is 1.32. The van der Waals surface area contributed by atoms with Crippen molar-refractivity contribution < 1.29 is 8.42 Å². The summed E-state index contributed by atoms with van der Waals surface area (Å²) in [4.78, 5) is 5.64. The number of aromatic nitrogens is 1. The van der Waals surface area contributed by atoms with Crippen molar-refractivity contribution in [3.05, 3.63) is 22.0 Å². The Hall–Kier alpha value is -1.11. The van der Waals surface area contributed by atoms with E-state index in [1.54, 1.807) is 0 Å². The van der Waals surface area contributed by atoms with Gasteiger partial charge in [-0.05, 0) is 5.53 Å². The minimum absolute atomic E-state index is 0.185. The van der Waals surface area contributed by atoms with E-state index in [1.807, 2.05) is 0 Å². The average molecular weight is 190 g/mol. The zero-order valence-corrected chi connectivity index (χ0v) is 6.71. The second kappa shape index (κ2) is 2.87. The third-order valence-electron chi connectivity index (χ3n) is 0.774. The zero-order valence-electron chi connectivity index (χ0n) is 5.08. The van der Waals surface area contributed by atoms with Crippen LogP contribution in [0.5, 0.6) is 0 Å². The smallest absolute Gasteiger partial charge is 0.233 e. The monoisotopic (exact) mass is 190 g/mol. The molecule has 8 heteroatoms. The first-order chi connectivity index (χ1) is 5.17. The molecular weight excluding hydrogens is 188 g/mol. The first-order valence-electron chi connectivity index (χ1n) is 2.37. The van der Waals surface area contributed by atoms with E-state index in [1.165, 1.54) is 11.6 Å². The van der Waals surface area contributed by atoms with Gasteiger partial charge >= 0.3 is 0 Å². The van der Waals surface area contributed by atoms with Gasteiger partial charge in [-0.2, -0.15) is 0 Å². The van der Waals surface area contributed by atoms with E-state index in [-0.39, 0.29) is 4.34 Å². The van der Waals surface area contributed by atoms with Crippen LogP contribution in [-0.4, -0.2) is 13.4 Å². The molecule has 0 bridgehead atoms. The minimum Gasteiger partial charge on any atom is -0.233 e. The first kappa shape index (κ1) is 7.99. The molecule has 0 spiro atoms. The van der Waals surface area contributed by atoms with Crippen LogP contribution in [0.25, 0.3) is 10.4 Å². The minimum atomic E-state index is -3.85. The van der Waals surface area contributed by atoms with Crippen molar-refractivity contribution in [1.29, 1.82) is 0 Å². The number of nitrogens with zero attached hydrogens (tertiary/aromatic N) is 4. The molecule has 0 N–H and O–H groups in total. The molecule has 0 aliphatic carbocycles. The van der Waals surface area contributed by atoms with E-state index in [9.17, 15) is 8.42 Å². The predicted molar refractivity (Wildman–Crippen MR) is 38.4 cm³/mol. The average Bonchev–Trinajstić information content (AvgIpc) is 2.37. The quantitative estimate of drug-likeness (QED) is 0.397. The molecule has 1 heterocycles. The maximum Gasteiger partial charge on any atom is 0.291 e. The summed E-state index contributed by atoms with van der Waals surface area (Å²) in [5.74, 6) is 0. The Kier molecular flexibility index (Phi) is 2.08. The van der Waals surface area contributed by atoms with E-state index in [4.69, 9.17) is 5.53 Å². The maximum atomic E-state index is 10.8. The predicted octanol–water partition coefficient (Wildman–Crippen LogP) is 1.14. The van der Waals surface area contributed by atoms with Gasteiger partial charge in [-0.3, -0.25) is 0 Å². The van der Waals surface area contributed by atoms with Crippen LogP contribution in [0, 0.1) is 0 Å². The number of hydrogen-bond donors (Lipinski definition) is 0. The molecule has 0 aromatic carbocycles. The Bertz CT molecular complexity index is 373. The molecule has 6 nitrogen and oxygen atoms in total. The highest BCUT2D eigenvalue weighted by Crippen LogP contribution is 2.14. The Labute approximate surface area is 66.2 Å². The first-order valence-corrected chi connectivity index (χ1v) is 4.69. The Balaban J connectivity index is 3.22. The molecule has 0 aliphatic rings. The van der Waals surface area contributed by atoms with Crippen molar-refractivity contribution in [2.45, 2.75) is 4.34 Å². The summed E-state index contributed by atoms with van der Waals surface area (Å²) < 4.78 is 24.1. The standard InChI is InChI=1S/C3H2N4O2S2/c4-6-7-11(8,9)3-5-1-2-10-3/h1-2H. The van der Waals surface area contributed by atoms with Crippen molar-refractivity contribution >= 4 is 21.4 Å². The second-order valence-corrected chi connectivity index (χ2v) is 4.10. The number of rotatable bonds is 2. The van der Waals surface area contributed by atoms with Crippen molar-refractivity contribution in [3.8, 4) is 0 Å². The summed E-state index contributed by atoms with van der Waals surface area (Å²) in [6.45, 7) is 0. The van der Waals surface area contributed by atoms with Crippen LogP contribution < -0.4 is 0 Å². The van der Waals surface area contributed by atoms with Gasteiger partial charge in [-0.15, -0.1) is 11.3 Å². The van der Waals surface area contributed by atoms with Crippen molar-refractivity contribution in [2.75, 3.05) is 0 Å². The fourth-order valence-corrected chi connectivity index (χ4v) is 1.89. The SMILES string of the molecule is [N-]=[N+]=NS(=O)(=O)c1nccs1. The van der Waals surface area contributed by atoms with Gasteiger partial charge in [0.05, 0.1) is 0 Å². The molecule has 0 saturated heterocycles. The van der Waals surface area contributed by atoms with Gasteiger partial charge in [-0.1, -0.05) is 0 Å². The summed E-state index contributed by atoms with van der Waals surface area (Å²) in [6, 6.07) is 0. The number of hydrogen-bond acceptors (Lipinski definition) is 4. The van der Waals surface area contributed by atoms with Gasteiger partial charge in [0, 0.05) is 21.0 Å². The number of thiazole rings is 1. The highest BCUT2D eigenvalue weighted by molar-refractivity contribution is 7.91. The topological polar surface area (TPSA) is 95.8 Å². The number of sulfonamides is 1. The van der Waals surface area contributed by atoms with Crippen LogP contribution in [-0.2, 0) is 10.0 Å². The molecule has 58 valence electrons. The van der Waals surface area contributed by atoms with Gasteiger partial charge in [0.2, 0.25) is 4.34 Å². The lowest BCUT2D eigenvalue weighted by Crippen LogP contribution is -1.92. The van der Waals surface area contributed by atoms with E-state index in [0.29, 0.717) is 0 Å². The molecule has 0 unspecified atom stereocenters. The van der Waals surface area contributed by atoms with E-state index in [0.717, 1.165) is 11.3 Å². The van der Waals surface area contributed by atoms with E-state index in [2.05, 4.69) is 14.4 Å². The third kappa shape index (κ3) is 1.67. The normalized spacial score (nSPS) is 10.5. The van der Waals surface area contributed by atoms with Crippen molar-refractivity contribution in [3.63, 3.8) is 0 Å². The Morgan fingerprint density at radius 3 is 2.91 bits per heavy atom. The molecule has 0 saturated carbocycles. The fourth-order valence-electron chi connectivity index (χ4n) is 0.421. The fraction of sp³-hybridized carbons (Fsp3) is 0.